The Bertz CT molecular complexity index is 160. The molecule has 1 aliphatic heterocycles. The Labute approximate surface area is 82.3 Å². The summed E-state index contributed by atoms with van der Waals surface area (Å²) in [5.74, 6) is 2.06. The Morgan fingerprint density at radius 1 is 1.23 bits per heavy atom. The van der Waals surface area contributed by atoms with E-state index in [0.717, 1.165) is 18.4 Å². The SMILES string of the molecule is CCCOB1CCC2CCC(C1)C2. The predicted octanol–water partition coefficient (Wildman–Crippen LogP) is 3.22. The van der Waals surface area contributed by atoms with Gasteiger partial charge in [0.1, 0.15) is 0 Å². The van der Waals surface area contributed by atoms with Crippen LogP contribution in [0.5, 0.6) is 0 Å². The molecule has 13 heavy (non-hydrogen) atoms. The molecular formula is C11H21BO. The van der Waals surface area contributed by atoms with Crippen LogP contribution in [0.2, 0.25) is 12.6 Å². The highest BCUT2D eigenvalue weighted by atomic mass is 16.4. The van der Waals surface area contributed by atoms with Crippen LogP contribution in [-0.2, 0) is 4.65 Å². The summed E-state index contributed by atoms with van der Waals surface area (Å²) in [6.07, 6.45) is 9.79. The largest absolute Gasteiger partial charge is 0.436 e. The molecule has 1 aliphatic carbocycles. The molecule has 0 amide bonds. The molecule has 2 aliphatic rings. The smallest absolute Gasteiger partial charge is 0.293 e. The van der Waals surface area contributed by atoms with Crippen LogP contribution in [0.15, 0.2) is 0 Å². The molecule has 0 N–H and O–H groups in total. The minimum absolute atomic E-state index is 0.607. The summed E-state index contributed by atoms with van der Waals surface area (Å²) in [6, 6.07) is 0. The molecule has 0 aromatic rings. The summed E-state index contributed by atoms with van der Waals surface area (Å²) in [4.78, 5) is 0. The molecule has 1 saturated carbocycles. The quantitative estimate of drug-likeness (QED) is 0.606. The van der Waals surface area contributed by atoms with Crippen molar-refractivity contribution in [2.45, 2.75) is 51.7 Å². The Morgan fingerprint density at radius 3 is 2.92 bits per heavy atom. The predicted molar refractivity (Wildman–Crippen MR) is 57.1 cm³/mol. The van der Waals surface area contributed by atoms with Crippen LogP contribution in [0.4, 0.5) is 0 Å². The Balaban J connectivity index is 1.79. The van der Waals surface area contributed by atoms with Crippen LogP contribution in [0.3, 0.4) is 0 Å². The van der Waals surface area contributed by atoms with Gasteiger partial charge in [0.05, 0.1) is 0 Å². The first-order valence-corrected chi connectivity index (χ1v) is 6.00. The van der Waals surface area contributed by atoms with Crippen molar-refractivity contribution in [3.63, 3.8) is 0 Å². The van der Waals surface area contributed by atoms with Crippen molar-refractivity contribution in [1.29, 1.82) is 0 Å². The molecule has 1 heterocycles. The highest BCUT2D eigenvalue weighted by molar-refractivity contribution is 6.51. The van der Waals surface area contributed by atoms with Gasteiger partial charge in [0.2, 0.25) is 0 Å². The average Bonchev–Trinajstić information content (AvgIpc) is 2.45. The van der Waals surface area contributed by atoms with Crippen molar-refractivity contribution in [3.05, 3.63) is 0 Å². The van der Waals surface area contributed by atoms with Crippen molar-refractivity contribution in [3.8, 4) is 0 Å². The Hall–Kier alpha value is 0.0249. The minimum Gasteiger partial charge on any atom is -0.436 e. The maximum absolute atomic E-state index is 5.86. The van der Waals surface area contributed by atoms with Gasteiger partial charge in [0, 0.05) is 6.61 Å². The third-order valence-corrected chi connectivity index (χ3v) is 3.70. The second kappa shape index (κ2) is 4.50. The lowest BCUT2D eigenvalue weighted by atomic mass is 9.57. The summed E-state index contributed by atoms with van der Waals surface area (Å²) in [7, 11) is 0. The van der Waals surface area contributed by atoms with Gasteiger partial charge in [0.25, 0.3) is 6.92 Å². The lowest BCUT2D eigenvalue weighted by Gasteiger charge is -2.16. The molecule has 0 spiro atoms. The maximum Gasteiger partial charge on any atom is 0.293 e. The highest BCUT2D eigenvalue weighted by Crippen LogP contribution is 2.40. The fraction of sp³-hybridized carbons (Fsp3) is 1.00. The van der Waals surface area contributed by atoms with E-state index in [0.29, 0.717) is 6.92 Å². The van der Waals surface area contributed by atoms with Crippen molar-refractivity contribution in [2.24, 2.45) is 11.8 Å². The fourth-order valence-corrected chi connectivity index (χ4v) is 3.00. The van der Waals surface area contributed by atoms with Crippen molar-refractivity contribution < 1.29 is 4.65 Å². The molecule has 74 valence electrons. The van der Waals surface area contributed by atoms with Gasteiger partial charge in [0.15, 0.2) is 0 Å². The zero-order valence-corrected chi connectivity index (χ0v) is 8.80. The second-order valence-electron chi connectivity index (χ2n) is 4.85. The molecule has 2 heteroatoms. The van der Waals surface area contributed by atoms with Crippen molar-refractivity contribution in [1.82, 2.24) is 0 Å². The first-order valence-electron chi connectivity index (χ1n) is 6.00. The number of hydrogen-bond donors (Lipinski definition) is 0. The minimum atomic E-state index is 0.607. The lowest BCUT2D eigenvalue weighted by molar-refractivity contribution is 0.312. The number of rotatable bonds is 3. The second-order valence-corrected chi connectivity index (χ2v) is 4.85. The van der Waals surface area contributed by atoms with Crippen LogP contribution >= 0.6 is 0 Å². The molecule has 1 nitrogen and oxygen atoms in total. The number of fused-ring (bicyclic) bond motifs is 2. The Morgan fingerprint density at radius 2 is 2.08 bits per heavy atom. The van der Waals surface area contributed by atoms with Gasteiger partial charge in [-0.2, -0.15) is 0 Å². The third-order valence-electron chi connectivity index (χ3n) is 3.70. The topological polar surface area (TPSA) is 9.23 Å². The lowest BCUT2D eigenvalue weighted by Crippen LogP contribution is -2.20. The van der Waals surface area contributed by atoms with Crippen LogP contribution < -0.4 is 0 Å². The molecule has 2 fully saturated rings. The first-order chi connectivity index (χ1) is 6.38. The fourth-order valence-electron chi connectivity index (χ4n) is 3.00. The molecule has 0 aromatic carbocycles. The van der Waals surface area contributed by atoms with Gasteiger partial charge in [-0.3, -0.25) is 0 Å². The normalized spacial score (nSPS) is 33.5. The maximum atomic E-state index is 5.86. The van der Waals surface area contributed by atoms with Crippen LogP contribution in [0.25, 0.3) is 0 Å². The molecule has 2 rings (SSSR count). The molecular weight excluding hydrogens is 159 g/mol. The molecule has 2 unspecified atom stereocenters. The van der Waals surface area contributed by atoms with Crippen molar-refractivity contribution in [2.75, 3.05) is 6.61 Å². The summed E-state index contributed by atoms with van der Waals surface area (Å²) in [5, 5.41) is 0. The van der Waals surface area contributed by atoms with Gasteiger partial charge in [-0.15, -0.1) is 0 Å². The standard InChI is InChI=1S/C11H21BO/c1-2-7-13-12-6-5-10-3-4-11(8-10)9-12/h10-11H,2-9H2,1H3. The van der Waals surface area contributed by atoms with E-state index in [1.807, 2.05) is 0 Å². The Kier molecular flexibility index (Phi) is 3.31. The van der Waals surface area contributed by atoms with Crippen LogP contribution in [-0.4, -0.2) is 13.5 Å². The van der Waals surface area contributed by atoms with Gasteiger partial charge in [-0.05, 0) is 37.3 Å². The first kappa shape index (κ1) is 9.58. The van der Waals surface area contributed by atoms with Gasteiger partial charge >= 0.3 is 0 Å². The molecule has 0 aromatic heterocycles. The van der Waals surface area contributed by atoms with E-state index in [1.165, 1.54) is 44.7 Å². The summed E-state index contributed by atoms with van der Waals surface area (Å²) >= 11 is 0. The zero-order chi connectivity index (χ0) is 9.10. The van der Waals surface area contributed by atoms with Gasteiger partial charge in [-0.1, -0.05) is 26.2 Å². The summed E-state index contributed by atoms with van der Waals surface area (Å²) < 4.78 is 5.86. The van der Waals surface area contributed by atoms with E-state index < -0.39 is 0 Å². The average molecular weight is 180 g/mol. The summed E-state index contributed by atoms with van der Waals surface area (Å²) in [5.41, 5.74) is 0. The molecule has 1 saturated heterocycles. The van der Waals surface area contributed by atoms with E-state index in [1.54, 1.807) is 0 Å². The van der Waals surface area contributed by atoms with Crippen LogP contribution in [0, 0.1) is 11.8 Å². The monoisotopic (exact) mass is 180 g/mol. The van der Waals surface area contributed by atoms with Gasteiger partial charge in [-0.25, -0.2) is 0 Å². The zero-order valence-electron chi connectivity index (χ0n) is 8.80. The molecule has 2 atom stereocenters. The van der Waals surface area contributed by atoms with E-state index in [2.05, 4.69) is 6.92 Å². The van der Waals surface area contributed by atoms with E-state index in [9.17, 15) is 0 Å². The van der Waals surface area contributed by atoms with Crippen LogP contribution in [0.1, 0.15) is 39.0 Å². The molecule has 0 radical (unpaired) electrons. The number of hydrogen-bond acceptors (Lipinski definition) is 1. The molecule has 2 bridgehead atoms. The van der Waals surface area contributed by atoms with E-state index in [-0.39, 0.29) is 0 Å². The summed E-state index contributed by atoms with van der Waals surface area (Å²) in [6.45, 7) is 3.78. The van der Waals surface area contributed by atoms with E-state index in [4.69, 9.17) is 4.65 Å². The van der Waals surface area contributed by atoms with Gasteiger partial charge < -0.3 is 4.65 Å². The van der Waals surface area contributed by atoms with E-state index >= 15 is 0 Å². The third kappa shape index (κ3) is 2.49. The van der Waals surface area contributed by atoms with Crippen molar-refractivity contribution >= 4 is 6.92 Å². The highest BCUT2D eigenvalue weighted by Gasteiger charge is 2.33.